The van der Waals surface area contributed by atoms with Crippen molar-refractivity contribution in [2.75, 3.05) is 19.9 Å². The molecular weight excluding hydrogens is 290 g/mol. The zero-order valence-electron chi connectivity index (χ0n) is 12.4. The zero-order valence-corrected chi connectivity index (χ0v) is 13.9. The summed E-state index contributed by atoms with van der Waals surface area (Å²) < 4.78 is 5.62. The lowest BCUT2D eigenvalue weighted by Gasteiger charge is -2.36. The molecule has 0 atom stereocenters. The predicted octanol–water partition coefficient (Wildman–Crippen LogP) is 4.50. The van der Waals surface area contributed by atoms with Crippen molar-refractivity contribution in [3.8, 4) is 5.75 Å². The highest BCUT2D eigenvalue weighted by molar-refractivity contribution is 8.00. The Balaban J connectivity index is 1.87. The van der Waals surface area contributed by atoms with Gasteiger partial charge in [-0.15, -0.1) is 0 Å². The summed E-state index contributed by atoms with van der Waals surface area (Å²) in [6.45, 7) is 1.95. The van der Waals surface area contributed by atoms with Crippen molar-refractivity contribution >= 4 is 23.4 Å². The van der Waals surface area contributed by atoms with Gasteiger partial charge in [0.25, 0.3) is 0 Å². The van der Waals surface area contributed by atoms with Gasteiger partial charge in [0.1, 0.15) is 5.75 Å². The van der Waals surface area contributed by atoms with Gasteiger partial charge in [-0.2, -0.15) is 11.8 Å². The number of benzene rings is 1. The molecule has 2 nitrogen and oxygen atoms in total. The van der Waals surface area contributed by atoms with Gasteiger partial charge < -0.3 is 10.1 Å². The molecule has 0 saturated heterocycles. The van der Waals surface area contributed by atoms with Crippen molar-refractivity contribution in [3.63, 3.8) is 0 Å². The van der Waals surface area contributed by atoms with Crippen LogP contribution in [0.25, 0.3) is 0 Å². The smallest absolute Gasteiger partial charge is 0.137 e. The number of methoxy groups -OCH3 is 1. The fourth-order valence-corrected chi connectivity index (χ4v) is 4.13. The van der Waals surface area contributed by atoms with E-state index in [1.165, 1.54) is 37.7 Å². The lowest BCUT2D eigenvalue weighted by molar-refractivity contribution is 0.379. The molecule has 0 spiro atoms. The molecule has 0 aromatic heterocycles. The summed E-state index contributed by atoms with van der Waals surface area (Å²) in [5.74, 6) is 0.739. The van der Waals surface area contributed by atoms with Crippen LogP contribution >= 0.6 is 23.4 Å². The number of rotatable bonds is 6. The summed E-state index contributed by atoms with van der Waals surface area (Å²) in [5, 5.41) is 4.29. The first-order chi connectivity index (χ1) is 9.69. The topological polar surface area (TPSA) is 21.3 Å². The third-order valence-electron chi connectivity index (χ3n) is 4.19. The first-order valence-electron chi connectivity index (χ1n) is 7.27. The molecule has 0 radical (unpaired) electrons. The normalized spacial score (nSPS) is 17.9. The first-order valence-corrected chi connectivity index (χ1v) is 8.88. The molecule has 1 aromatic carbocycles. The van der Waals surface area contributed by atoms with E-state index in [4.69, 9.17) is 16.3 Å². The molecule has 0 unspecified atom stereocenters. The van der Waals surface area contributed by atoms with Crippen LogP contribution in [-0.4, -0.2) is 24.7 Å². The molecule has 0 aliphatic heterocycles. The molecule has 2 rings (SSSR count). The minimum Gasteiger partial charge on any atom is -0.495 e. The van der Waals surface area contributed by atoms with E-state index in [-0.39, 0.29) is 0 Å². The highest BCUT2D eigenvalue weighted by Gasteiger charge is 2.30. The van der Waals surface area contributed by atoms with Crippen molar-refractivity contribution < 1.29 is 4.74 Å². The largest absolute Gasteiger partial charge is 0.495 e. The molecule has 1 aliphatic carbocycles. The molecule has 1 saturated carbocycles. The maximum absolute atomic E-state index is 6.15. The fraction of sp³-hybridized carbons (Fsp3) is 0.625. The summed E-state index contributed by atoms with van der Waals surface area (Å²) in [6.07, 6.45) is 9.07. The second kappa shape index (κ2) is 7.58. The average Bonchev–Trinajstić information content (AvgIpc) is 2.48. The van der Waals surface area contributed by atoms with E-state index in [9.17, 15) is 0 Å². The Labute approximate surface area is 131 Å². The van der Waals surface area contributed by atoms with E-state index >= 15 is 0 Å². The molecule has 0 heterocycles. The van der Waals surface area contributed by atoms with Crippen molar-refractivity contribution in [1.82, 2.24) is 5.32 Å². The summed E-state index contributed by atoms with van der Waals surface area (Å²) in [4.78, 5) is 0. The number of ether oxygens (including phenoxy) is 1. The maximum Gasteiger partial charge on any atom is 0.137 e. The lowest BCUT2D eigenvalue weighted by Crippen LogP contribution is -2.39. The minimum atomic E-state index is 0.439. The fourth-order valence-electron chi connectivity index (χ4n) is 2.90. The van der Waals surface area contributed by atoms with Gasteiger partial charge in [0.15, 0.2) is 0 Å². The SMILES string of the molecule is COc1ccc(CNCC2(SC)CCCCC2)cc1Cl. The summed E-state index contributed by atoms with van der Waals surface area (Å²) in [5.41, 5.74) is 1.21. The summed E-state index contributed by atoms with van der Waals surface area (Å²) in [6, 6.07) is 5.99. The maximum atomic E-state index is 6.15. The number of nitrogens with one attached hydrogen (secondary N) is 1. The molecule has 1 aliphatic rings. The monoisotopic (exact) mass is 313 g/mol. The second-order valence-corrected chi connectivity index (χ2v) is 7.20. The lowest BCUT2D eigenvalue weighted by atomic mass is 9.88. The van der Waals surface area contributed by atoms with Gasteiger partial charge in [0.2, 0.25) is 0 Å². The molecule has 0 amide bonds. The average molecular weight is 314 g/mol. The standard InChI is InChI=1S/C16H24ClNOS/c1-19-15-7-6-13(10-14(15)17)11-18-12-16(20-2)8-4-3-5-9-16/h6-7,10,18H,3-5,8-9,11-12H2,1-2H3. The van der Waals surface area contributed by atoms with Gasteiger partial charge in [0, 0.05) is 17.8 Å². The number of hydrogen-bond donors (Lipinski definition) is 1. The van der Waals surface area contributed by atoms with Crippen LogP contribution in [-0.2, 0) is 6.54 Å². The van der Waals surface area contributed by atoms with Crippen LogP contribution in [0.5, 0.6) is 5.75 Å². The Kier molecular flexibility index (Phi) is 6.06. The van der Waals surface area contributed by atoms with Gasteiger partial charge in [-0.1, -0.05) is 36.9 Å². The van der Waals surface area contributed by atoms with Crippen molar-refractivity contribution in [3.05, 3.63) is 28.8 Å². The Morgan fingerprint density at radius 1 is 1.30 bits per heavy atom. The highest BCUT2D eigenvalue weighted by atomic mass is 35.5. The van der Waals surface area contributed by atoms with Crippen LogP contribution in [0.2, 0.25) is 5.02 Å². The van der Waals surface area contributed by atoms with E-state index < -0.39 is 0 Å². The van der Waals surface area contributed by atoms with Crippen LogP contribution in [0, 0.1) is 0 Å². The van der Waals surface area contributed by atoms with Gasteiger partial charge in [-0.3, -0.25) is 0 Å². The van der Waals surface area contributed by atoms with Crippen LogP contribution in [0.4, 0.5) is 0 Å². The molecule has 4 heteroatoms. The highest BCUT2D eigenvalue weighted by Crippen LogP contribution is 2.38. The third-order valence-corrected chi connectivity index (χ3v) is 5.90. The number of halogens is 1. The minimum absolute atomic E-state index is 0.439. The van der Waals surface area contributed by atoms with Crippen LogP contribution in [0.1, 0.15) is 37.7 Å². The van der Waals surface area contributed by atoms with E-state index in [1.54, 1.807) is 7.11 Å². The number of thioether (sulfide) groups is 1. The van der Waals surface area contributed by atoms with Gasteiger partial charge in [-0.05, 0) is 36.8 Å². The predicted molar refractivity (Wildman–Crippen MR) is 89.0 cm³/mol. The molecule has 1 aromatic rings. The Hall–Kier alpha value is -0.380. The van der Waals surface area contributed by atoms with E-state index in [2.05, 4.69) is 17.6 Å². The molecule has 1 N–H and O–H groups in total. The Morgan fingerprint density at radius 3 is 2.65 bits per heavy atom. The Bertz CT molecular complexity index is 432. The van der Waals surface area contributed by atoms with Crippen LogP contribution in [0.15, 0.2) is 18.2 Å². The van der Waals surface area contributed by atoms with E-state index in [0.29, 0.717) is 9.77 Å². The van der Waals surface area contributed by atoms with Gasteiger partial charge >= 0.3 is 0 Å². The van der Waals surface area contributed by atoms with E-state index in [1.807, 2.05) is 23.9 Å². The zero-order chi connectivity index (χ0) is 14.4. The van der Waals surface area contributed by atoms with E-state index in [0.717, 1.165) is 18.8 Å². The molecule has 112 valence electrons. The molecule has 1 fully saturated rings. The number of hydrogen-bond acceptors (Lipinski definition) is 3. The van der Waals surface area contributed by atoms with Gasteiger partial charge in [0.05, 0.1) is 12.1 Å². The Morgan fingerprint density at radius 2 is 2.05 bits per heavy atom. The molecule has 0 bridgehead atoms. The van der Waals surface area contributed by atoms with Crippen LogP contribution in [0.3, 0.4) is 0 Å². The van der Waals surface area contributed by atoms with Crippen molar-refractivity contribution in [1.29, 1.82) is 0 Å². The second-order valence-electron chi connectivity index (χ2n) is 5.52. The summed E-state index contributed by atoms with van der Waals surface area (Å²) in [7, 11) is 1.64. The molecule has 20 heavy (non-hydrogen) atoms. The molecular formula is C16H24ClNOS. The third kappa shape index (κ3) is 4.06. The van der Waals surface area contributed by atoms with Gasteiger partial charge in [-0.25, -0.2) is 0 Å². The van der Waals surface area contributed by atoms with Crippen molar-refractivity contribution in [2.45, 2.75) is 43.4 Å². The van der Waals surface area contributed by atoms with Crippen LogP contribution < -0.4 is 10.1 Å². The van der Waals surface area contributed by atoms with Crippen molar-refractivity contribution in [2.24, 2.45) is 0 Å². The quantitative estimate of drug-likeness (QED) is 0.835. The first kappa shape index (κ1) is 16.0. The summed E-state index contributed by atoms with van der Waals surface area (Å²) >= 11 is 8.18.